The van der Waals surface area contributed by atoms with Gasteiger partial charge in [-0.05, 0) is 48.4 Å². The third-order valence-corrected chi connectivity index (χ3v) is 4.42. The summed E-state index contributed by atoms with van der Waals surface area (Å²) < 4.78 is 10.6. The molecule has 0 bridgehead atoms. The first-order valence-electron chi connectivity index (χ1n) is 6.96. The largest absolute Gasteiger partial charge is 0.493 e. The van der Waals surface area contributed by atoms with Crippen molar-refractivity contribution in [1.82, 2.24) is 5.43 Å². The van der Waals surface area contributed by atoms with Gasteiger partial charge in [0.15, 0.2) is 11.5 Å². The zero-order chi connectivity index (χ0) is 15.1. The van der Waals surface area contributed by atoms with Gasteiger partial charge in [-0.15, -0.1) is 11.3 Å². The second kappa shape index (κ2) is 8.02. The highest BCUT2D eigenvalue weighted by Gasteiger charge is 2.11. The molecule has 1 atom stereocenters. The number of benzene rings is 1. The fourth-order valence-corrected chi connectivity index (χ4v) is 3.03. The number of nitrogens with one attached hydrogen (secondary N) is 1. The molecule has 0 amide bonds. The van der Waals surface area contributed by atoms with Crippen molar-refractivity contribution in [3.8, 4) is 11.5 Å². The van der Waals surface area contributed by atoms with Gasteiger partial charge in [-0.3, -0.25) is 11.3 Å². The predicted octanol–water partition coefficient (Wildman–Crippen LogP) is 2.77. The van der Waals surface area contributed by atoms with Crippen molar-refractivity contribution in [3.63, 3.8) is 0 Å². The Balaban J connectivity index is 1.97. The Morgan fingerprint density at radius 2 is 2.00 bits per heavy atom. The summed E-state index contributed by atoms with van der Waals surface area (Å²) in [5.41, 5.74) is 4.09. The van der Waals surface area contributed by atoms with E-state index < -0.39 is 0 Å². The van der Waals surface area contributed by atoms with Crippen LogP contribution in [0.15, 0.2) is 35.7 Å². The fourth-order valence-electron chi connectivity index (χ4n) is 2.31. The molecule has 0 aliphatic rings. The predicted molar refractivity (Wildman–Crippen MR) is 87.0 cm³/mol. The van der Waals surface area contributed by atoms with E-state index in [0.29, 0.717) is 0 Å². The van der Waals surface area contributed by atoms with E-state index in [-0.39, 0.29) is 6.04 Å². The van der Waals surface area contributed by atoms with Crippen LogP contribution in [0.5, 0.6) is 11.5 Å². The number of hydrogen-bond donors (Lipinski definition) is 2. The molecule has 5 heteroatoms. The number of aryl methyl sites for hydroxylation is 1. The van der Waals surface area contributed by atoms with E-state index in [4.69, 9.17) is 15.3 Å². The fraction of sp³-hybridized carbons (Fsp3) is 0.375. The molecule has 0 saturated heterocycles. The molecule has 1 heterocycles. The van der Waals surface area contributed by atoms with Crippen LogP contribution < -0.4 is 20.7 Å². The lowest BCUT2D eigenvalue weighted by molar-refractivity contribution is 0.354. The van der Waals surface area contributed by atoms with Gasteiger partial charge in [0.1, 0.15) is 0 Å². The summed E-state index contributed by atoms with van der Waals surface area (Å²) in [7, 11) is 3.29. The molecule has 2 aromatic rings. The molecule has 0 radical (unpaired) electrons. The minimum absolute atomic E-state index is 0.241. The highest BCUT2D eigenvalue weighted by molar-refractivity contribution is 7.09. The van der Waals surface area contributed by atoms with Gasteiger partial charge in [0.05, 0.1) is 14.2 Å². The SMILES string of the molecule is COc1ccc(CC(CCc2cccs2)NN)cc1OC. The van der Waals surface area contributed by atoms with Crippen LogP contribution in [-0.4, -0.2) is 20.3 Å². The van der Waals surface area contributed by atoms with Gasteiger partial charge < -0.3 is 9.47 Å². The molecule has 1 unspecified atom stereocenters. The van der Waals surface area contributed by atoms with E-state index >= 15 is 0 Å². The van der Waals surface area contributed by atoms with Crippen molar-refractivity contribution in [2.24, 2.45) is 5.84 Å². The maximum absolute atomic E-state index is 5.68. The van der Waals surface area contributed by atoms with Crippen LogP contribution in [0.4, 0.5) is 0 Å². The van der Waals surface area contributed by atoms with Gasteiger partial charge in [-0.1, -0.05) is 12.1 Å². The van der Waals surface area contributed by atoms with Crippen molar-refractivity contribution >= 4 is 11.3 Å². The van der Waals surface area contributed by atoms with E-state index in [1.807, 2.05) is 12.1 Å². The van der Waals surface area contributed by atoms with Gasteiger partial charge in [0.2, 0.25) is 0 Å². The molecule has 1 aromatic carbocycles. The second-order valence-electron chi connectivity index (χ2n) is 4.88. The van der Waals surface area contributed by atoms with Crippen LogP contribution in [0.1, 0.15) is 16.9 Å². The lowest BCUT2D eigenvalue weighted by Gasteiger charge is -2.16. The minimum atomic E-state index is 0.241. The van der Waals surface area contributed by atoms with Crippen molar-refractivity contribution in [2.75, 3.05) is 14.2 Å². The van der Waals surface area contributed by atoms with E-state index in [2.05, 4.69) is 29.0 Å². The number of hydrazine groups is 1. The molecule has 114 valence electrons. The molecule has 3 N–H and O–H groups in total. The maximum atomic E-state index is 5.68. The average Bonchev–Trinajstić information content (AvgIpc) is 3.04. The molecule has 0 fully saturated rings. The smallest absolute Gasteiger partial charge is 0.160 e. The number of ether oxygens (including phenoxy) is 2. The average molecular weight is 306 g/mol. The lowest BCUT2D eigenvalue weighted by atomic mass is 10.0. The van der Waals surface area contributed by atoms with E-state index in [1.165, 1.54) is 10.4 Å². The summed E-state index contributed by atoms with van der Waals surface area (Å²) in [5, 5.41) is 2.11. The summed E-state index contributed by atoms with van der Waals surface area (Å²) in [4.78, 5) is 1.39. The number of nitrogens with two attached hydrogens (primary N) is 1. The zero-order valence-electron chi connectivity index (χ0n) is 12.5. The Morgan fingerprint density at radius 3 is 2.62 bits per heavy atom. The summed E-state index contributed by atoms with van der Waals surface area (Å²) >= 11 is 1.79. The van der Waals surface area contributed by atoms with Crippen LogP contribution in [0, 0.1) is 0 Å². The van der Waals surface area contributed by atoms with Crippen molar-refractivity contribution in [1.29, 1.82) is 0 Å². The van der Waals surface area contributed by atoms with Gasteiger partial charge in [-0.25, -0.2) is 0 Å². The van der Waals surface area contributed by atoms with Crippen LogP contribution in [-0.2, 0) is 12.8 Å². The minimum Gasteiger partial charge on any atom is -0.493 e. The highest BCUT2D eigenvalue weighted by Crippen LogP contribution is 2.28. The van der Waals surface area contributed by atoms with E-state index in [0.717, 1.165) is 30.8 Å². The maximum Gasteiger partial charge on any atom is 0.160 e. The monoisotopic (exact) mass is 306 g/mol. The Morgan fingerprint density at radius 1 is 1.19 bits per heavy atom. The molecule has 4 nitrogen and oxygen atoms in total. The van der Waals surface area contributed by atoms with Gasteiger partial charge in [0.25, 0.3) is 0 Å². The van der Waals surface area contributed by atoms with Crippen molar-refractivity contribution in [3.05, 3.63) is 46.2 Å². The van der Waals surface area contributed by atoms with E-state index in [9.17, 15) is 0 Å². The summed E-state index contributed by atoms with van der Waals surface area (Å²) in [6, 6.07) is 10.5. The third kappa shape index (κ3) is 4.46. The lowest BCUT2D eigenvalue weighted by Crippen LogP contribution is -2.37. The summed E-state index contributed by atoms with van der Waals surface area (Å²) in [5.74, 6) is 7.19. The standard InChI is InChI=1S/C16H22N2O2S/c1-19-15-8-5-12(11-16(15)20-2)10-13(18-17)6-7-14-4-3-9-21-14/h3-5,8-9,11,13,18H,6-7,10,17H2,1-2H3. The zero-order valence-corrected chi connectivity index (χ0v) is 13.3. The topological polar surface area (TPSA) is 56.5 Å². The van der Waals surface area contributed by atoms with Gasteiger partial charge in [-0.2, -0.15) is 0 Å². The molecular weight excluding hydrogens is 284 g/mol. The molecule has 0 saturated carbocycles. The third-order valence-electron chi connectivity index (χ3n) is 3.49. The molecule has 2 rings (SSSR count). The Bertz CT molecular complexity index is 543. The first kappa shape index (κ1) is 15.8. The van der Waals surface area contributed by atoms with Crippen molar-refractivity contribution < 1.29 is 9.47 Å². The van der Waals surface area contributed by atoms with Crippen LogP contribution >= 0.6 is 11.3 Å². The van der Waals surface area contributed by atoms with Gasteiger partial charge >= 0.3 is 0 Å². The molecule has 21 heavy (non-hydrogen) atoms. The number of thiophene rings is 1. The molecule has 1 aromatic heterocycles. The number of methoxy groups -OCH3 is 2. The molecule has 0 aliphatic heterocycles. The number of rotatable bonds is 8. The molecule has 0 aliphatic carbocycles. The van der Waals surface area contributed by atoms with E-state index in [1.54, 1.807) is 25.6 Å². The quantitative estimate of drug-likeness (QED) is 0.581. The van der Waals surface area contributed by atoms with Crippen LogP contribution in [0.3, 0.4) is 0 Å². The summed E-state index contributed by atoms with van der Waals surface area (Å²) in [6.07, 6.45) is 2.91. The summed E-state index contributed by atoms with van der Waals surface area (Å²) in [6.45, 7) is 0. The molecule has 0 spiro atoms. The van der Waals surface area contributed by atoms with Crippen molar-refractivity contribution in [2.45, 2.75) is 25.3 Å². The van der Waals surface area contributed by atoms with Crippen LogP contribution in [0.2, 0.25) is 0 Å². The van der Waals surface area contributed by atoms with Crippen LogP contribution in [0.25, 0.3) is 0 Å². The highest BCUT2D eigenvalue weighted by atomic mass is 32.1. The first-order valence-corrected chi connectivity index (χ1v) is 7.84. The Labute approximate surface area is 129 Å². The Hall–Kier alpha value is -1.56. The second-order valence-corrected chi connectivity index (χ2v) is 5.91. The first-order chi connectivity index (χ1) is 10.3. The number of hydrogen-bond acceptors (Lipinski definition) is 5. The Kier molecular flexibility index (Phi) is 6.04. The normalized spacial score (nSPS) is 12.1. The molecular formula is C16H22N2O2S. The van der Waals surface area contributed by atoms with Gasteiger partial charge in [0, 0.05) is 10.9 Å².